The summed E-state index contributed by atoms with van der Waals surface area (Å²) >= 11 is 0. The van der Waals surface area contributed by atoms with Crippen molar-refractivity contribution in [3.05, 3.63) is 65.7 Å². The number of benzene rings is 2. The number of nitrogens with zero attached hydrogens (tertiary/aromatic N) is 3. The molecule has 24 heavy (non-hydrogen) atoms. The number of hydrogen-bond acceptors (Lipinski definition) is 6. The van der Waals surface area contributed by atoms with E-state index in [1.807, 2.05) is 61.5 Å². The number of carbonyl (C=O) groups is 1. The van der Waals surface area contributed by atoms with E-state index in [0.717, 1.165) is 16.7 Å². The molecule has 7 nitrogen and oxygen atoms in total. The minimum Gasteiger partial charge on any atom is -0.315 e. The quantitative estimate of drug-likeness (QED) is 0.450. The first-order valence-electron chi connectivity index (χ1n) is 7.18. The van der Waals surface area contributed by atoms with Gasteiger partial charge >= 0.3 is 12.1 Å². The van der Waals surface area contributed by atoms with Crippen LogP contribution in [0.5, 0.6) is 0 Å². The van der Waals surface area contributed by atoms with Gasteiger partial charge in [-0.3, -0.25) is 4.84 Å². The van der Waals surface area contributed by atoms with E-state index in [-0.39, 0.29) is 6.01 Å². The van der Waals surface area contributed by atoms with Gasteiger partial charge in [0, 0.05) is 5.56 Å². The number of carbonyl (C=O) groups excluding carboxylic acids is 1. The SMILES string of the molecule is Cc1cccc(-c2noc(NC(=O)O/N=C\c3ccccc3)n2)c1. The highest BCUT2D eigenvalue weighted by molar-refractivity contribution is 5.84. The zero-order valence-corrected chi connectivity index (χ0v) is 12.8. The molecule has 0 aliphatic carbocycles. The molecule has 7 heteroatoms. The number of nitrogens with one attached hydrogen (secondary N) is 1. The van der Waals surface area contributed by atoms with Gasteiger partial charge in [0.1, 0.15) is 0 Å². The highest BCUT2D eigenvalue weighted by Gasteiger charge is 2.12. The molecule has 0 unspecified atom stereocenters. The molecule has 0 aliphatic heterocycles. The Hall–Kier alpha value is -3.48. The number of hydrogen-bond donors (Lipinski definition) is 1. The Balaban J connectivity index is 1.58. The van der Waals surface area contributed by atoms with Crippen LogP contribution in [0.4, 0.5) is 10.8 Å². The van der Waals surface area contributed by atoms with Crippen molar-refractivity contribution in [2.45, 2.75) is 6.92 Å². The molecular weight excluding hydrogens is 308 g/mol. The summed E-state index contributed by atoms with van der Waals surface area (Å²) in [7, 11) is 0. The zero-order chi connectivity index (χ0) is 16.8. The first kappa shape index (κ1) is 15.4. The molecule has 0 bridgehead atoms. The third kappa shape index (κ3) is 4.04. The van der Waals surface area contributed by atoms with Gasteiger partial charge in [0.25, 0.3) is 0 Å². The lowest BCUT2D eigenvalue weighted by Gasteiger charge is -1.96. The predicted molar refractivity (Wildman–Crippen MR) is 88.6 cm³/mol. The molecular formula is C17H14N4O3. The van der Waals surface area contributed by atoms with Crippen LogP contribution in [0.15, 0.2) is 64.3 Å². The summed E-state index contributed by atoms with van der Waals surface area (Å²) < 4.78 is 4.97. The van der Waals surface area contributed by atoms with E-state index in [0.29, 0.717) is 5.82 Å². The molecule has 1 aromatic heterocycles. The van der Waals surface area contributed by atoms with Crippen molar-refractivity contribution in [3.63, 3.8) is 0 Å². The molecule has 3 aromatic rings. The molecule has 0 atom stereocenters. The maximum atomic E-state index is 11.6. The molecule has 3 rings (SSSR count). The molecule has 1 N–H and O–H groups in total. The van der Waals surface area contributed by atoms with Gasteiger partial charge in [-0.15, -0.1) is 0 Å². The van der Waals surface area contributed by atoms with Gasteiger partial charge in [0.2, 0.25) is 5.82 Å². The fourth-order valence-electron chi connectivity index (χ4n) is 1.96. The van der Waals surface area contributed by atoms with Crippen molar-refractivity contribution < 1.29 is 14.2 Å². The largest absolute Gasteiger partial charge is 0.441 e. The fourth-order valence-corrected chi connectivity index (χ4v) is 1.96. The summed E-state index contributed by atoms with van der Waals surface area (Å²) in [6.07, 6.45) is 0.604. The van der Waals surface area contributed by atoms with Crippen LogP contribution in [0.1, 0.15) is 11.1 Å². The van der Waals surface area contributed by atoms with Crippen molar-refractivity contribution in [2.24, 2.45) is 5.16 Å². The first-order chi connectivity index (χ1) is 11.7. The maximum Gasteiger partial charge on any atom is 0.441 e. The molecule has 1 amide bonds. The summed E-state index contributed by atoms with van der Waals surface area (Å²) in [5.74, 6) is 0.377. The average molecular weight is 322 g/mol. The monoisotopic (exact) mass is 322 g/mol. The highest BCUT2D eigenvalue weighted by atomic mass is 16.7. The Labute approximate surface area is 137 Å². The molecule has 120 valence electrons. The van der Waals surface area contributed by atoms with Crippen LogP contribution in [0.3, 0.4) is 0 Å². The smallest absolute Gasteiger partial charge is 0.315 e. The van der Waals surface area contributed by atoms with Crippen LogP contribution in [-0.4, -0.2) is 22.4 Å². The maximum absolute atomic E-state index is 11.6. The van der Waals surface area contributed by atoms with Crippen molar-refractivity contribution in [1.82, 2.24) is 10.1 Å². The van der Waals surface area contributed by atoms with Crippen LogP contribution in [0.2, 0.25) is 0 Å². The second-order valence-electron chi connectivity index (χ2n) is 4.94. The van der Waals surface area contributed by atoms with E-state index in [4.69, 9.17) is 4.52 Å². The lowest BCUT2D eigenvalue weighted by atomic mass is 10.1. The van der Waals surface area contributed by atoms with Gasteiger partial charge in [0.05, 0.1) is 6.21 Å². The Morgan fingerprint density at radius 3 is 2.83 bits per heavy atom. The third-order valence-corrected chi connectivity index (χ3v) is 3.05. The predicted octanol–water partition coefficient (Wildman–Crippen LogP) is 3.63. The molecule has 0 saturated carbocycles. The molecule has 1 heterocycles. The molecule has 0 spiro atoms. The van der Waals surface area contributed by atoms with Gasteiger partial charge in [-0.25, -0.2) is 10.1 Å². The number of oxime groups is 1. The topological polar surface area (TPSA) is 89.6 Å². The molecule has 0 aliphatic rings. The minimum absolute atomic E-state index is 0.0635. The van der Waals surface area contributed by atoms with E-state index in [1.165, 1.54) is 6.21 Å². The average Bonchev–Trinajstić information content (AvgIpc) is 3.04. The van der Waals surface area contributed by atoms with E-state index in [1.54, 1.807) is 0 Å². The molecule has 0 saturated heterocycles. The van der Waals surface area contributed by atoms with Crippen molar-refractivity contribution >= 4 is 18.3 Å². The second kappa shape index (κ2) is 7.19. The molecule has 0 radical (unpaired) electrons. The van der Waals surface area contributed by atoms with Gasteiger partial charge in [-0.1, -0.05) is 64.4 Å². The van der Waals surface area contributed by atoms with Crippen LogP contribution in [0, 0.1) is 6.92 Å². The number of aromatic nitrogens is 2. The fraction of sp³-hybridized carbons (Fsp3) is 0.0588. The number of anilines is 1. The summed E-state index contributed by atoms with van der Waals surface area (Å²) in [4.78, 5) is 20.4. The van der Waals surface area contributed by atoms with Gasteiger partial charge in [-0.05, 0) is 18.6 Å². The molecule has 2 aromatic carbocycles. The number of rotatable bonds is 4. The van der Waals surface area contributed by atoms with Crippen molar-refractivity contribution in [3.8, 4) is 11.4 Å². The lowest BCUT2D eigenvalue weighted by molar-refractivity contribution is 0.166. The normalized spacial score (nSPS) is 10.7. The summed E-state index contributed by atoms with van der Waals surface area (Å²) in [6.45, 7) is 1.96. The standard InChI is InChI=1S/C17H14N4O3/c1-12-6-5-9-14(10-12)15-19-16(23-21-15)20-17(22)24-18-11-13-7-3-2-4-8-13/h2-11H,1H3,(H,19,20,21,22)/b18-11-. The molecule has 0 fully saturated rings. The third-order valence-electron chi connectivity index (χ3n) is 3.05. The van der Waals surface area contributed by atoms with Crippen LogP contribution >= 0.6 is 0 Å². The first-order valence-corrected chi connectivity index (χ1v) is 7.18. The Morgan fingerprint density at radius 1 is 1.21 bits per heavy atom. The summed E-state index contributed by atoms with van der Waals surface area (Å²) in [6, 6.07) is 16.8. The van der Waals surface area contributed by atoms with Crippen molar-refractivity contribution in [2.75, 3.05) is 5.32 Å². The number of amides is 1. The Bertz CT molecular complexity index is 859. The van der Waals surface area contributed by atoms with Crippen LogP contribution < -0.4 is 5.32 Å². The Morgan fingerprint density at radius 2 is 2.04 bits per heavy atom. The van der Waals surface area contributed by atoms with Crippen LogP contribution in [0.25, 0.3) is 11.4 Å². The summed E-state index contributed by atoms with van der Waals surface area (Å²) in [5.41, 5.74) is 2.67. The number of aryl methyl sites for hydroxylation is 1. The van der Waals surface area contributed by atoms with Gasteiger partial charge < -0.3 is 4.52 Å². The van der Waals surface area contributed by atoms with Crippen LogP contribution in [-0.2, 0) is 4.84 Å². The van der Waals surface area contributed by atoms with E-state index in [9.17, 15) is 4.79 Å². The Kier molecular flexibility index (Phi) is 4.62. The highest BCUT2D eigenvalue weighted by Crippen LogP contribution is 2.18. The lowest BCUT2D eigenvalue weighted by Crippen LogP contribution is -2.11. The van der Waals surface area contributed by atoms with E-state index in [2.05, 4.69) is 25.5 Å². The summed E-state index contributed by atoms with van der Waals surface area (Å²) in [5, 5.41) is 9.72. The van der Waals surface area contributed by atoms with Gasteiger partial charge in [0.15, 0.2) is 0 Å². The second-order valence-corrected chi connectivity index (χ2v) is 4.94. The van der Waals surface area contributed by atoms with Crippen molar-refractivity contribution in [1.29, 1.82) is 0 Å². The zero-order valence-electron chi connectivity index (χ0n) is 12.8. The minimum atomic E-state index is -0.818. The van der Waals surface area contributed by atoms with E-state index >= 15 is 0 Å². The van der Waals surface area contributed by atoms with E-state index < -0.39 is 6.09 Å². The van der Waals surface area contributed by atoms with Gasteiger partial charge in [-0.2, -0.15) is 4.98 Å².